The van der Waals surface area contributed by atoms with Gasteiger partial charge in [0.1, 0.15) is 0 Å². The van der Waals surface area contributed by atoms with E-state index in [2.05, 4.69) is 25.7 Å². The molecule has 21 heavy (non-hydrogen) atoms. The standard InChI is InChI=1S/C17H31NO3/c1-16(2)13-4-5-17(16,3)15(10-13)21-12-14(19)11-18-6-8-20-9-7-18/h13-15,19H,4-12H2,1-3H3/t13-,14-,15-,17-/m0/s1. The van der Waals surface area contributed by atoms with Gasteiger partial charge in [0.25, 0.3) is 0 Å². The summed E-state index contributed by atoms with van der Waals surface area (Å²) in [6.07, 6.45) is 3.74. The van der Waals surface area contributed by atoms with Gasteiger partial charge in [0, 0.05) is 19.6 Å². The minimum absolute atomic E-state index is 0.288. The smallest absolute Gasteiger partial charge is 0.0900 e. The summed E-state index contributed by atoms with van der Waals surface area (Å²) in [5.41, 5.74) is 0.670. The molecule has 4 atom stereocenters. The van der Waals surface area contributed by atoms with Gasteiger partial charge in [0.05, 0.1) is 32.0 Å². The number of ether oxygens (including phenoxy) is 2. The molecule has 1 aliphatic heterocycles. The minimum atomic E-state index is -0.381. The first-order valence-corrected chi connectivity index (χ1v) is 8.53. The average Bonchev–Trinajstić information content (AvgIpc) is 2.79. The molecule has 0 aromatic heterocycles. The number of β-amino-alcohol motifs (C(OH)–C–C–N with tert-alkyl or cyclic N) is 1. The molecule has 3 rings (SSSR count). The second-order valence-corrected chi connectivity index (χ2v) is 8.00. The van der Waals surface area contributed by atoms with Gasteiger partial charge in [-0.3, -0.25) is 4.90 Å². The van der Waals surface area contributed by atoms with Crippen LogP contribution in [-0.4, -0.2) is 61.7 Å². The molecule has 2 bridgehead atoms. The van der Waals surface area contributed by atoms with E-state index in [0.717, 1.165) is 32.2 Å². The average molecular weight is 297 g/mol. The van der Waals surface area contributed by atoms with Gasteiger partial charge in [-0.05, 0) is 36.0 Å². The van der Waals surface area contributed by atoms with Gasteiger partial charge in [-0.1, -0.05) is 20.8 Å². The highest BCUT2D eigenvalue weighted by atomic mass is 16.5. The van der Waals surface area contributed by atoms with Crippen molar-refractivity contribution in [3.63, 3.8) is 0 Å². The van der Waals surface area contributed by atoms with Crippen molar-refractivity contribution < 1.29 is 14.6 Å². The van der Waals surface area contributed by atoms with E-state index < -0.39 is 0 Å². The SMILES string of the molecule is CC1(C)[C@H]2CC[C@@]1(C)[C@@H](OC[C@@H](O)CN1CCOCC1)C2. The van der Waals surface area contributed by atoms with E-state index in [-0.39, 0.29) is 11.5 Å². The van der Waals surface area contributed by atoms with E-state index in [0.29, 0.717) is 24.7 Å². The van der Waals surface area contributed by atoms with Crippen molar-refractivity contribution in [3.05, 3.63) is 0 Å². The molecule has 2 aliphatic carbocycles. The van der Waals surface area contributed by atoms with Crippen LogP contribution in [0.15, 0.2) is 0 Å². The monoisotopic (exact) mass is 297 g/mol. The number of morpholine rings is 1. The maximum Gasteiger partial charge on any atom is 0.0900 e. The van der Waals surface area contributed by atoms with E-state index in [1.165, 1.54) is 19.3 Å². The highest BCUT2D eigenvalue weighted by Gasteiger charge is 2.61. The van der Waals surface area contributed by atoms with Crippen molar-refractivity contribution in [3.8, 4) is 0 Å². The number of aliphatic hydroxyl groups excluding tert-OH is 1. The van der Waals surface area contributed by atoms with Crippen molar-refractivity contribution in [1.82, 2.24) is 4.90 Å². The van der Waals surface area contributed by atoms with Crippen molar-refractivity contribution in [1.29, 1.82) is 0 Å². The lowest BCUT2D eigenvalue weighted by Gasteiger charge is -2.39. The van der Waals surface area contributed by atoms with Crippen LogP contribution in [0, 0.1) is 16.7 Å². The second-order valence-electron chi connectivity index (χ2n) is 8.00. The van der Waals surface area contributed by atoms with Crippen LogP contribution >= 0.6 is 0 Å². The third-order valence-electron chi connectivity index (χ3n) is 6.78. The summed E-state index contributed by atoms with van der Waals surface area (Å²) in [6.45, 7) is 11.8. The van der Waals surface area contributed by atoms with E-state index >= 15 is 0 Å². The first-order valence-electron chi connectivity index (χ1n) is 8.53. The summed E-state index contributed by atoms with van der Waals surface area (Å²) in [4.78, 5) is 2.27. The summed E-state index contributed by atoms with van der Waals surface area (Å²) in [5, 5.41) is 10.2. The van der Waals surface area contributed by atoms with Crippen LogP contribution < -0.4 is 0 Å². The Morgan fingerprint density at radius 3 is 2.57 bits per heavy atom. The highest BCUT2D eigenvalue weighted by molar-refractivity contribution is 5.11. The Balaban J connectivity index is 1.47. The normalized spacial score (nSPS) is 40.6. The van der Waals surface area contributed by atoms with Gasteiger partial charge in [-0.2, -0.15) is 0 Å². The Hall–Kier alpha value is -0.160. The first kappa shape index (κ1) is 15.7. The fourth-order valence-corrected chi connectivity index (χ4v) is 4.74. The van der Waals surface area contributed by atoms with Gasteiger partial charge in [-0.15, -0.1) is 0 Å². The maximum absolute atomic E-state index is 10.2. The first-order chi connectivity index (χ1) is 9.93. The summed E-state index contributed by atoms with van der Waals surface area (Å²) in [7, 11) is 0. The molecule has 3 fully saturated rings. The maximum atomic E-state index is 10.2. The van der Waals surface area contributed by atoms with Crippen LogP contribution in [0.3, 0.4) is 0 Å². The molecule has 4 nitrogen and oxygen atoms in total. The summed E-state index contributed by atoms with van der Waals surface area (Å²) in [6, 6.07) is 0. The Morgan fingerprint density at radius 2 is 2.00 bits per heavy atom. The number of aliphatic hydroxyl groups is 1. The number of rotatable bonds is 5. The zero-order valence-electron chi connectivity index (χ0n) is 13.8. The zero-order chi connectivity index (χ0) is 15.1. The largest absolute Gasteiger partial charge is 0.389 e. The third-order valence-corrected chi connectivity index (χ3v) is 6.78. The lowest BCUT2D eigenvalue weighted by atomic mass is 9.70. The van der Waals surface area contributed by atoms with Crippen molar-refractivity contribution >= 4 is 0 Å². The molecule has 4 heteroatoms. The molecule has 0 radical (unpaired) electrons. The molecule has 122 valence electrons. The van der Waals surface area contributed by atoms with Gasteiger partial charge in [-0.25, -0.2) is 0 Å². The molecule has 0 spiro atoms. The van der Waals surface area contributed by atoms with Gasteiger partial charge < -0.3 is 14.6 Å². The molecule has 0 aromatic rings. The second kappa shape index (κ2) is 5.80. The summed E-state index contributed by atoms with van der Waals surface area (Å²) < 4.78 is 11.5. The Morgan fingerprint density at radius 1 is 1.29 bits per heavy atom. The lowest BCUT2D eigenvalue weighted by Crippen LogP contribution is -2.43. The quantitative estimate of drug-likeness (QED) is 0.842. The molecule has 1 heterocycles. The lowest BCUT2D eigenvalue weighted by molar-refractivity contribution is -0.0831. The topological polar surface area (TPSA) is 41.9 Å². The summed E-state index contributed by atoms with van der Waals surface area (Å²) >= 11 is 0. The van der Waals surface area contributed by atoms with Crippen LogP contribution in [0.2, 0.25) is 0 Å². The molecule has 1 saturated heterocycles. The fourth-order valence-electron chi connectivity index (χ4n) is 4.74. The molecule has 1 N–H and O–H groups in total. The Labute approximate surface area is 128 Å². The zero-order valence-corrected chi connectivity index (χ0v) is 13.8. The number of fused-ring (bicyclic) bond motifs is 2. The number of hydrogen-bond acceptors (Lipinski definition) is 4. The van der Waals surface area contributed by atoms with Crippen LogP contribution in [0.5, 0.6) is 0 Å². The van der Waals surface area contributed by atoms with E-state index in [1.54, 1.807) is 0 Å². The van der Waals surface area contributed by atoms with Gasteiger partial charge in [0.15, 0.2) is 0 Å². The molecule has 0 aromatic carbocycles. The number of hydrogen-bond donors (Lipinski definition) is 1. The predicted octanol–water partition coefficient (Wildman–Crippen LogP) is 1.91. The molecule has 3 aliphatic rings. The van der Waals surface area contributed by atoms with Gasteiger partial charge >= 0.3 is 0 Å². The highest BCUT2D eigenvalue weighted by Crippen LogP contribution is 2.66. The molecule has 2 saturated carbocycles. The fraction of sp³-hybridized carbons (Fsp3) is 1.00. The van der Waals surface area contributed by atoms with Gasteiger partial charge in [0.2, 0.25) is 0 Å². The molecule has 0 amide bonds. The van der Waals surface area contributed by atoms with Crippen LogP contribution in [0.1, 0.15) is 40.0 Å². The van der Waals surface area contributed by atoms with E-state index in [9.17, 15) is 5.11 Å². The molecular formula is C17H31NO3. The Kier molecular flexibility index (Phi) is 4.34. The van der Waals surface area contributed by atoms with Crippen molar-refractivity contribution in [2.24, 2.45) is 16.7 Å². The number of nitrogens with zero attached hydrogens (tertiary/aromatic N) is 1. The third kappa shape index (κ3) is 2.76. The summed E-state index contributed by atoms with van der Waals surface area (Å²) in [5.74, 6) is 0.795. The van der Waals surface area contributed by atoms with E-state index in [4.69, 9.17) is 9.47 Å². The van der Waals surface area contributed by atoms with E-state index in [1.807, 2.05) is 0 Å². The predicted molar refractivity (Wildman–Crippen MR) is 82.2 cm³/mol. The van der Waals surface area contributed by atoms with Crippen molar-refractivity contribution in [2.45, 2.75) is 52.2 Å². The molecular weight excluding hydrogens is 266 g/mol. The molecule has 0 unspecified atom stereocenters. The van der Waals surface area contributed by atoms with Crippen LogP contribution in [0.25, 0.3) is 0 Å². The minimum Gasteiger partial charge on any atom is -0.389 e. The van der Waals surface area contributed by atoms with Crippen LogP contribution in [0.4, 0.5) is 0 Å². The van der Waals surface area contributed by atoms with Crippen LogP contribution in [-0.2, 0) is 9.47 Å². The van der Waals surface area contributed by atoms with Crippen molar-refractivity contribution in [2.75, 3.05) is 39.5 Å². The Bertz CT molecular complexity index is 367.